The van der Waals surface area contributed by atoms with E-state index in [1.807, 2.05) is 0 Å². The average Bonchev–Trinajstić information content (AvgIpc) is 2.71. The summed E-state index contributed by atoms with van der Waals surface area (Å²) in [4.78, 5) is 11.9. The second kappa shape index (κ2) is 5.90. The van der Waals surface area contributed by atoms with Gasteiger partial charge in [-0.1, -0.05) is 0 Å². The van der Waals surface area contributed by atoms with Gasteiger partial charge < -0.3 is 13.9 Å². The normalized spacial score (nSPS) is 11.1. The first-order chi connectivity index (χ1) is 9.52. The van der Waals surface area contributed by atoms with Crippen LogP contribution in [0, 0.1) is 6.92 Å². The maximum absolute atomic E-state index is 12.1. The van der Waals surface area contributed by atoms with Crippen molar-refractivity contribution in [3.8, 4) is 5.75 Å². The number of esters is 1. The second-order valence-electron chi connectivity index (χ2n) is 4.11. The summed E-state index contributed by atoms with van der Waals surface area (Å²) >= 11 is 0. The van der Waals surface area contributed by atoms with E-state index in [1.54, 1.807) is 19.9 Å². The van der Waals surface area contributed by atoms with Crippen molar-refractivity contribution in [2.45, 2.75) is 20.3 Å². The Labute approximate surface area is 114 Å². The highest BCUT2D eigenvalue weighted by atomic mass is 19.3. The largest absolute Gasteiger partial charge is 0.488 e. The number of aryl methyl sites for hydroxylation is 1. The van der Waals surface area contributed by atoms with E-state index in [0.717, 1.165) is 0 Å². The van der Waals surface area contributed by atoms with Crippen LogP contribution in [0.3, 0.4) is 0 Å². The van der Waals surface area contributed by atoms with Crippen LogP contribution in [0.2, 0.25) is 0 Å². The molecule has 0 aliphatic heterocycles. The molecule has 1 aromatic heterocycles. The summed E-state index contributed by atoms with van der Waals surface area (Å²) in [7, 11) is 0. The lowest BCUT2D eigenvalue weighted by atomic mass is 10.1. The molecule has 0 atom stereocenters. The molecule has 0 radical (unpaired) electrons. The summed E-state index contributed by atoms with van der Waals surface area (Å²) in [5.41, 5.74) is 0.777. The summed E-state index contributed by atoms with van der Waals surface area (Å²) in [6, 6.07) is 4.59. The molecule has 0 fully saturated rings. The number of hydrogen-bond acceptors (Lipinski definition) is 4. The highest BCUT2D eigenvalue weighted by Gasteiger charge is 2.20. The molecule has 0 aliphatic rings. The first-order valence-electron chi connectivity index (χ1n) is 6.14. The summed E-state index contributed by atoms with van der Waals surface area (Å²) in [5.74, 6) is 0.170. The summed E-state index contributed by atoms with van der Waals surface area (Å²) < 4.78 is 39.6. The molecule has 0 saturated heterocycles. The molecular formula is C14H14F2O4. The standard InChI is InChI=1S/C14H14F2O4/c1-3-18-14(17)13-8(2)20-11-5-4-9(6-10(11)13)19-7-12(15)16/h4-6,12H,3,7H2,1-2H3. The molecule has 0 spiro atoms. The van der Waals surface area contributed by atoms with Gasteiger partial charge in [-0.05, 0) is 32.0 Å². The Hall–Kier alpha value is -2.11. The first kappa shape index (κ1) is 14.3. The van der Waals surface area contributed by atoms with E-state index in [-0.39, 0.29) is 12.4 Å². The number of carbonyl (C=O) groups is 1. The molecular weight excluding hydrogens is 270 g/mol. The monoisotopic (exact) mass is 284 g/mol. The molecule has 0 unspecified atom stereocenters. The number of fused-ring (bicyclic) bond motifs is 1. The number of ether oxygens (including phenoxy) is 2. The lowest BCUT2D eigenvalue weighted by molar-refractivity contribution is 0.0526. The Balaban J connectivity index is 2.38. The minimum Gasteiger partial charge on any atom is -0.488 e. The first-order valence-corrected chi connectivity index (χ1v) is 6.14. The Morgan fingerprint density at radius 3 is 2.80 bits per heavy atom. The third-order valence-electron chi connectivity index (χ3n) is 2.69. The molecule has 4 nitrogen and oxygen atoms in total. The van der Waals surface area contributed by atoms with E-state index in [4.69, 9.17) is 13.9 Å². The molecule has 1 heterocycles. The second-order valence-corrected chi connectivity index (χ2v) is 4.11. The molecule has 2 rings (SSSR count). The van der Waals surface area contributed by atoms with Crippen LogP contribution in [0.1, 0.15) is 23.0 Å². The number of benzene rings is 1. The van der Waals surface area contributed by atoms with Crippen LogP contribution < -0.4 is 4.74 Å². The molecule has 0 bridgehead atoms. The molecule has 108 valence electrons. The fraction of sp³-hybridized carbons (Fsp3) is 0.357. The van der Waals surface area contributed by atoms with Crippen molar-refractivity contribution < 1.29 is 27.5 Å². The highest BCUT2D eigenvalue weighted by molar-refractivity contribution is 6.04. The van der Waals surface area contributed by atoms with Gasteiger partial charge in [0.2, 0.25) is 0 Å². The predicted molar refractivity (Wildman–Crippen MR) is 68.4 cm³/mol. The molecule has 0 amide bonds. The van der Waals surface area contributed by atoms with Crippen LogP contribution in [0.5, 0.6) is 5.75 Å². The van der Waals surface area contributed by atoms with E-state index in [1.165, 1.54) is 12.1 Å². The average molecular weight is 284 g/mol. The molecule has 0 saturated carbocycles. The van der Waals surface area contributed by atoms with E-state index in [2.05, 4.69) is 0 Å². The smallest absolute Gasteiger partial charge is 0.342 e. The quantitative estimate of drug-likeness (QED) is 0.788. The van der Waals surface area contributed by atoms with Gasteiger partial charge in [-0.2, -0.15) is 0 Å². The number of halogens is 2. The third kappa shape index (κ3) is 2.89. The van der Waals surface area contributed by atoms with Crippen molar-refractivity contribution >= 4 is 16.9 Å². The summed E-state index contributed by atoms with van der Waals surface area (Å²) in [6.07, 6.45) is -2.55. The van der Waals surface area contributed by atoms with Crippen LogP contribution >= 0.6 is 0 Å². The number of rotatable bonds is 5. The molecule has 1 aromatic carbocycles. The third-order valence-corrected chi connectivity index (χ3v) is 2.69. The van der Waals surface area contributed by atoms with Crippen LogP contribution in [0.15, 0.2) is 22.6 Å². The van der Waals surface area contributed by atoms with Crippen LogP contribution in [0.4, 0.5) is 8.78 Å². The van der Waals surface area contributed by atoms with Crippen LogP contribution in [-0.4, -0.2) is 25.6 Å². The summed E-state index contributed by atoms with van der Waals surface area (Å²) in [6.45, 7) is 2.89. The molecule has 20 heavy (non-hydrogen) atoms. The van der Waals surface area contributed by atoms with Gasteiger partial charge in [0.1, 0.15) is 29.3 Å². The Morgan fingerprint density at radius 1 is 1.40 bits per heavy atom. The van der Waals surface area contributed by atoms with Gasteiger partial charge in [-0.15, -0.1) is 0 Å². The van der Waals surface area contributed by atoms with Crippen molar-refractivity contribution in [1.29, 1.82) is 0 Å². The lowest BCUT2D eigenvalue weighted by Crippen LogP contribution is -2.07. The maximum Gasteiger partial charge on any atom is 0.342 e. The van der Waals surface area contributed by atoms with Gasteiger partial charge in [0, 0.05) is 5.39 Å². The topological polar surface area (TPSA) is 48.7 Å². The number of carbonyl (C=O) groups excluding carboxylic acids is 1. The van der Waals surface area contributed by atoms with Crippen LogP contribution in [-0.2, 0) is 4.74 Å². The van der Waals surface area contributed by atoms with Gasteiger partial charge >= 0.3 is 5.97 Å². The van der Waals surface area contributed by atoms with Crippen molar-refractivity contribution in [3.05, 3.63) is 29.5 Å². The van der Waals surface area contributed by atoms with Gasteiger partial charge in [-0.25, -0.2) is 13.6 Å². The van der Waals surface area contributed by atoms with Crippen molar-refractivity contribution in [1.82, 2.24) is 0 Å². The maximum atomic E-state index is 12.1. The highest BCUT2D eigenvalue weighted by Crippen LogP contribution is 2.29. The minimum absolute atomic E-state index is 0.243. The Bertz CT molecular complexity index is 619. The fourth-order valence-corrected chi connectivity index (χ4v) is 1.91. The van der Waals surface area contributed by atoms with Gasteiger partial charge in [0.25, 0.3) is 6.43 Å². The molecule has 6 heteroatoms. The Morgan fingerprint density at radius 2 is 2.15 bits per heavy atom. The van der Waals surface area contributed by atoms with Gasteiger partial charge in [-0.3, -0.25) is 0 Å². The van der Waals surface area contributed by atoms with Crippen LogP contribution in [0.25, 0.3) is 11.0 Å². The van der Waals surface area contributed by atoms with Gasteiger partial charge in [0.15, 0.2) is 0 Å². The zero-order valence-electron chi connectivity index (χ0n) is 11.1. The fourth-order valence-electron chi connectivity index (χ4n) is 1.91. The zero-order valence-corrected chi connectivity index (χ0v) is 11.1. The lowest BCUT2D eigenvalue weighted by Gasteiger charge is -2.05. The van der Waals surface area contributed by atoms with E-state index in [0.29, 0.717) is 22.3 Å². The number of furan rings is 1. The number of alkyl halides is 2. The minimum atomic E-state index is -2.55. The number of hydrogen-bond donors (Lipinski definition) is 0. The van der Waals surface area contributed by atoms with E-state index in [9.17, 15) is 13.6 Å². The van der Waals surface area contributed by atoms with E-state index >= 15 is 0 Å². The molecule has 2 aromatic rings. The SMILES string of the molecule is CCOC(=O)c1c(C)oc2ccc(OCC(F)F)cc12. The predicted octanol–water partition coefficient (Wildman–Crippen LogP) is 3.56. The van der Waals surface area contributed by atoms with E-state index < -0.39 is 19.0 Å². The van der Waals surface area contributed by atoms with Gasteiger partial charge in [0.05, 0.1) is 6.61 Å². The zero-order chi connectivity index (χ0) is 14.7. The molecule has 0 N–H and O–H groups in total. The summed E-state index contributed by atoms with van der Waals surface area (Å²) in [5, 5.41) is 0.493. The molecule has 0 aliphatic carbocycles. The van der Waals surface area contributed by atoms with Crippen molar-refractivity contribution in [3.63, 3.8) is 0 Å². The van der Waals surface area contributed by atoms with Crippen molar-refractivity contribution in [2.24, 2.45) is 0 Å². The van der Waals surface area contributed by atoms with Crippen molar-refractivity contribution in [2.75, 3.05) is 13.2 Å². The Kier molecular flexibility index (Phi) is 4.22.